The van der Waals surface area contributed by atoms with Gasteiger partial charge in [-0.2, -0.15) is 0 Å². The summed E-state index contributed by atoms with van der Waals surface area (Å²) in [5.74, 6) is 1.56. The lowest BCUT2D eigenvalue weighted by molar-refractivity contribution is 0.309. The van der Waals surface area contributed by atoms with Gasteiger partial charge in [-0.05, 0) is 42.5 Å². The lowest BCUT2D eigenvalue weighted by Gasteiger charge is -2.07. The summed E-state index contributed by atoms with van der Waals surface area (Å²) in [5, 5.41) is 0. The summed E-state index contributed by atoms with van der Waals surface area (Å²) in [7, 11) is 0. The Bertz CT molecular complexity index is 346. The maximum Gasteiger partial charge on any atom is 0.119 e. The molecule has 1 heteroatoms. The van der Waals surface area contributed by atoms with Crippen molar-refractivity contribution in [3.05, 3.63) is 35.9 Å². The maximum absolute atomic E-state index is 5.64. The summed E-state index contributed by atoms with van der Waals surface area (Å²) in [6, 6.07) is 8.39. The lowest BCUT2D eigenvalue weighted by atomic mass is 10.0. The second-order valence-corrected chi connectivity index (χ2v) is 4.82. The van der Waals surface area contributed by atoms with Gasteiger partial charge in [-0.3, -0.25) is 0 Å². The van der Waals surface area contributed by atoms with Crippen molar-refractivity contribution in [3.63, 3.8) is 0 Å². The quantitative estimate of drug-likeness (QED) is 0.632. The molecule has 0 bridgehead atoms. The average Bonchev–Trinajstić information content (AvgIpc) is 2.29. The summed E-state index contributed by atoms with van der Waals surface area (Å²) in [4.78, 5) is 0. The summed E-state index contributed by atoms with van der Waals surface area (Å²) in [5.41, 5.74) is 2.61. The van der Waals surface area contributed by atoms with Crippen LogP contribution in [0.5, 0.6) is 5.75 Å². The zero-order valence-corrected chi connectivity index (χ0v) is 11.5. The van der Waals surface area contributed by atoms with Crippen molar-refractivity contribution in [2.75, 3.05) is 6.61 Å². The minimum absolute atomic E-state index is 0.593. The van der Waals surface area contributed by atoms with Gasteiger partial charge in [0.25, 0.3) is 0 Å². The number of rotatable bonds is 6. The van der Waals surface area contributed by atoms with Gasteiger partial charge in [-0.1, -0.05) is 45.4 Å². The first-order valence-corrected chi connectivity index (χ1v) is 6.55. The van der Waals surface area contributed by atoms with Crippen molar-refractivity contribution in [3.8, 4) is 5.75 Å². The summed E-state index contributed by atoms with van der Waals surface area (Å²) in [6.45, 7) is 9.55. The molecule has 0 aliphatic heterocycles. The average molecular weight is 232 g/mol. The lowest BCUT2D eigenvalue weighted by Crippen LogP contribution is -1.96. The molecule has 1 nitrogen and oxygen atoms in total. The van der Waals surface area contributed by atoms with Crippen LogP contribution in [-0.2, 0) is 0 Å². The predicted molar refractivity (Wildman–Crippen MR) is 75.3 cm³/mol. The fraction of sp³-hybridized carbons (Fsp3) is 0.500. The molecule has 17 heavy (non-hydrogen) atoms. The van der Waals surface area contributed by atoms with E-state index in [-0.39, 0.29) is 0 Å². The molecule has 0 saturated heterocycles. The van der Waals surface area contributed by atoms with Crippen LogP contribution in [0.3, 0.4) is 0 Å². The Hall–Kier alpha value is -1.24. The Morgan fingerprint density at radius 1 is 1.24 bits per heavy atom. The molecule has 1 rings (SSSR count). The number of ether oxygens (including phenoxy) is 1. The highest BCUT2D eigenvalue weighted by molar-refractivity contribution is 5.64. The summed E-state index contributed by atoms with van der Waals surface area (Å²) in [6.07, 6.45) is 4.58. The number of unbranched alkanes of at least 4 members (excludes halogenated alkanes) is 1. The molecule has 0 N–H and O–H groups in total. The van der Waals surface area contributed by atoms with E-state index in [1.54, 1.807) is 0 Å². The zero-order valence-electron chi connectivity index (χ0n) is 11.5. The molecule has 1 aromatic rings. The Morgan fingerprint density at radius 2 is 1.88 bits per heavy atom. The SMILES string of the molecule is CCCCOc1ccc(/C(C)=C/C(C)C)cc1. The second-order valence-electron chi connectivity index (χ2n) is 4.82. The van der Waals surface area contributed by atoms with E-state index in [1.165, 1.54) is 17.6 Å². The molecule has 0 saturated carbocycles. The first-order valence-electron chi connectivity index (χ1n) is 6.55. The van der Waals surface area contributed by atoms with Crippen LogP contribution in [0.15, 0.2) is 30.3 Å². The van der Waals surface area contributed by atoms with Gasteiger partial charge in [0.05, 0.1) is 6.61 Å². The molecule has 1 aromatic carbocycles. The first kappa shape index (κ1) is 13.8. The van der Waals surface area contributed by atoms with Gasteiger partial charge in [-0.25, -0.2) is 0 Å². The van der Waals surface area contributed by atoms with Crippen molar-refractivity contribution in [1.82, 2.24) is 0 Å². The van der Waals surface area contributed by atoms with E-state index in [1.807, 2.05) is 0 Å². The minimum Gasteiger partial charge on any atom is -0.494 e. The summed E-state index contributed by atoms with van der Waals surface area (Å²) < 4.78 is 5.64. The van der Waals surface area contributed by atoms with Crippen molar-refractivity contribution >= 4 is 5.57 Å². The maximum atomic E-state index is 5.64. The zero-order chi connectivity index (χ0) is 12.7. The molecule has 0 unspecified atom stereocenters. The molecule has 0 fully saturated rings. The third-order valence-electron chi connectivity index (χ3n) is 2.66. The summed E-state index contributed by atoms with van der Waals surface area (Å²) >= 11 is 0. The fourth-order valence-corrected chi connectivity index (χ4v) is 1.74. The van der Waals surface area contributed by atoms with Crippen LogP contribution < -0.4 is 4.74 Å². The van der Waals surface area contributed by atoms with Crippen LogP contribution >= 0.6 is 0 Å². The van der Waals surface area contributed by atoms with E-state index < -0.39 is 0 Å². The Morgan fingerprint density at radius 3 is 2.41 bits per heavy atom. The van der Waals surface area contributed by atoms with Crippen LogP contribution in [0.2, 0.25) is 0 Å². The third kappa shape index (κ3) is 5.08. The normalized spacial score (nSPS) is 11.9. The second kappa shape index (κ2) is 7.16. The van der Waals surface area contributed by atoms with Gasteiger partial charge in [0.15, 0.2) is 0 Å². The molecule has 94 valence electrons. The largest absolute Gasteiger partial charge is 0.494 e. The van der Waals surface area contributed by atoms with Gasteiger partial charge in [-0.15, -0.1) is 0 Å². The minimum atomic E-state index is 0.593. The van der Waals surface area contributed by atoms with E-state index in [0.717, 1.165) is 18.8 Å². The Kier molecular flexibility index (Phi) is 5.82. The smallest absolute Gasteiger partial charge is 0.119 e. The van der Waals surface area contributed by atoms with E-state index in [0.29, 0.717) is 5.92 Å². The van der Waals surface area contributed by atoms with Gasteiger partial charge >= 0.3 is 0 Å². The standard InChI is InChI=1S/C16H24O/c1-5-6-11-17-16-9-7-15(8-10-16)14(4)12-13(2)3/h7-10,12-13H,5-6,11H2,1-4H3/b14-12+. The van der Waals surface area contributed by atoms with E-state index in [2.05, 4.69) is 58.0 Å². The highest BCUT2D eigenvalue weighted by atomic mass is 16.5. The highest BCUT2D eigenvalue weighted by Crippen LogP contribution is 2.20. The van der Waals surface area contributed by atoms with Crippen LogP contribution in [0.25, 0.3) is 5.57 Å². The number of allylic oxidation sites excluding steroid dienone is 2. The third-order valence-corrected chi connectivity index (χ3v) is 2.66. The van der Waals surface area contributed by atoms with Crippen LogP contribution in [-0.4, -0.2) is 6.61 Å². The molecule has 0 spiro atoms. The van der Waals surface area contributed by atoms with E-state index >= 15 is 0 Å². The van der Waals surface area contributed by atoms with Crippen LogP contribution in [0.1, 0.15) is 46.1 Å². The van der Waals surface area contributed by atoms with Crippen molar-refractivity contribution in [1.29, 1.82) is 0 Å². The molecule has 0 heterocycles. The molecule has 0 amide bonds. The van der Waals surface area contributed by atoms with Gasteiger partial charge in [0.2, 0.25) is 0 Å². The number of benzene rings is 1. The van der Waals surface area contributed by atoms with Gasteiger partial charge < -0.3 is 4.74 Å². The molecule has 0 aromatic heterocycles. The molecule has 0 aliphatic carbocycles. The molecule has 0 aliphatic rings. The topological polar surface area (TPSA) is 9.23 Å². The van der Waals surface area contributed by atoms with Crippen LogP contribution in [0, 0.1) is 5.92 Å². The van der Waals surface area contributed by atoms with E-state index in [9.17, 15) is 0 Å². The molecular weight excluding hydrogens is 208 g/mol. The van der Waals surface area contributed by atoms with Crippen molar-refractivity contribution in [2.45, 2.75) is 40.5 Å². The molecular formula is C16H24O. The molecule has 0 atom stereocenters. The van der Waals surface area contributed by atoms with Crippen LogP contribution in [0.4, 0.5) is 0 Å². The van der Waals surface area contributed by atoms with Gasteiger partial charge in [0.1, 0.15) is 5.75 Å². The molecule has 0 radical (unpaired) electrons. The van der Waals surface area contributed by atoms with Gasteiger partial charge in [0, 0.05) is 0 Å². The fourth-order valence-electron chi connectivity index (χ4n) is 1.74. The van der Waals surface area contributed by atoms with Crippen molar-refractivity contribution < 1.29 is 4.74 Å². The Balaban J connectivity index is 2.61. The Labute approximate surface area is 106 Å². The first-order chi connectivity index (χ1) is 8.13. The predicted octanol–water partition coefficient (Wildman–Crippen LogP) is 4.92. The number of hydrogen-bond donors (Lipinski definition) is 0. The highest BCUT2D eigenvalue weighted by Gasteiger charge is 1.98. The monoisotopic (exact) mass is 232 g/mol. The van der Waals surface area contributed by atoms with E-state index in [4.69, 9.17) is 4.74 Å². The van der Waals surface area contributed by atoms with Crippen molar-refractivity contribution in [2.24, 2.45) is 5.92 Å². The number of hydrogen-bond acceptors (Lipinski definition) is 1.